The Kier molecular flexibility index (Phi) is 6.52. The number of ether oxygens (including phenoxy) is 1. The van der Waals surface area contributed by atoms with Crippen molar-refractivity contribution >= 4 is 18.0 Å². The fraction of sp³-hybridized carbons (Fsp3) is 0.375. The van der Waals surface area contributed by atoms with Gasteiger partial charge in [-0.25, -0.2) is 18.4 Å². The Morgan fingerprint density at radius 2 is 1.59 bits per heavy atom. The highest BCUT2D eigenvalue weighted by atomic mass is 19.3. The third kappa shape index (κ3) is 4.58. The van der Waals surface area contributed by atoms with E-state index in [1.165, 1.54) is 0 Å². The van der Waals surface area contributed by atoms with E-state index in [1.807, 2.05) is 48.5 Å². The molecule has 0 saturated heterocycles. The first kappa shape index (κ1) is 23.6. The van der Waals surface area contributed by atoms with Crippen molar-refractivity contribution in [3.63, 3.8) is 0 Å². The summed E-state index contributed by atoms with van der Waals surface area (Å²) >= 11 is 0. The van der Waals surface area contributed by atoms with Crippen molar-refractivity contribution in [3.05, 3.63) is 59.7 Å². The van der Waals surface area contributed by atoms with E-state index < -0.39 is 48.4 Å². The fourth-order valence-corrected chi connectivity index (χ4v) is 4.41. The third-order valence-electron chi connectivity index (χ3n) is 6.30. The van der Waals surface area contributed by atoms with E-state index in [1.54, 1.807) is 0 Å². The van der Waals surface area contributed by atoms with Crippen LogP contribution in [0, 0.1) is 11.8 Å². The first-order chi connectivity index (χ1) is 16.2. The normalized spacial score (nSPS) is 20.6. The highest BCUT2D eigenvalue weighted by molar-refractivity contribution is 5.84. The number of alkyl carbamates (subject to hydrolysis) is 1. The van der Waals surface area contributed by atoms with Crippen molar-refractivity contribution in [1.82, 2.24) is 10.6 Å². The van der Waals surface area contributed by atoms with Crippen LogP contribution in [-0.2, 0) is 14.3 Å². The maximum absolute atomic E-state index is 14.0. The van der Waals surface area contributed by atoms with Gasteiger partial charge in [-0.05, 0) is 22.3 Å². The van der Waals surface area contributed by atoms with E-state index in [9.17, 15) is 28.3 Å². The van der Waals surface area contributed by atoms with E-state index >= 15 is 0 Å². The Labute approximate surface area is 193 Å². The van der Waals surface area contributed by atoms with Gasteiger partial charge in [0.1, 0.15) is 12.5 Å². The topological polar surface area (TPSA) is 125 Å². The average molecular weight is 474 g/mol. The van der Waals surface area contributed by atoms with Gasteiger partial charge in [0.25, 0.3) is 5.92 Å². The molecule has 34 heavy (non-hydrogen) atoms. The summed E-state index contributed by atoms with van der Waals surface area (Å²) in [6, 6.07) is 15.6. The van der Waals surface area contributed by atoms with Crippen molar-refractivity contribution in [2.45, 2.75) is 24.4 Å². The summed E-state index contributed by atoms with van der Waals surface area (Å²) in [6.45, 7) is -0.665. The zero-order valence-electron chi connectivity index (χ0n) is 18.0. The van der Waals surface area contributed by atoms with Crippen molar-refractivity contribution in [2.75, 3.05) is 19.7 Å². The van der Waals surface area contributed by atoms with E-state index in [0.29, 0.717) is 0 Å². The number of alkyl halides is 2. The standard InChI is InChI=1S/C24H24F2N2O6/c25-24(26)18(20(24)21(30)27-10-9-19(29)22(31)32)11-28-23(33)34-12-17-15-7-3-1-5-13(15)14-6-2-4-8-16(14)17/h1-8,17-20,29H,9-12H2,(H,27,30)(H,28,33)(H,31,32)/t18?,19-,20?/m0/s1. The van der Waals surface area contributed by atoms with Crippen molar-refractivity contribution in [2.24, 2.45) is 11.8 Å². The molecule has 1 saturated carbocycles. The number of aliphatic carboxylic acids is 1. The molecule has 3 atom stereocenters. The zero-order chi connectivity index (χ0) is 24.5. The summed E-state index contributed by atoms with van der Waals surface area (Å²) in [5.41, 5.74) is 4.17. The first-order valence-electron chi connectivity index (χ1n) is 10.9. The Balaban J connectivity index is 1.26. The molecule has 0 radical (unpaired) electrons. The second kappa shape index (κ2) is 9.38. The average Bonchev–Trinajstić information content (AvgIpc) is 3.22. The predicted octanol–water partition coefficient (Wildman–Crippen LogP) is 2.36. The Morgan fingerprint density at radius 3 is 2.18 bits per heavy atom. The second-order valence-corrected chi connectivity index (χ2v) is 8.40. The number of fused-ring (bicyclic) bond motifs is 3. The molecule has 0 aliphatic heterocycles. The smallest absolute Gasteiger partial charge is 0.407 e. The molecule has 4 N–H and O–H groups in total. The number of amides is 2. The maximum Gasteiger partial charge on any atom is 0.407 e. The number of carbonyl (C=O) groups is 3. The summed E-state index contributed by atoms with van der Waals surface area (Å²) in [5, 5.41) is 22.3. The van der Waals surface area contributed by atoms with Crippen LogP contribution in [0.15, 0.2) is 48.5 Å². The number of carbonyl (C=O) groups excluding carboxylic acids is 2. The molecule has 2 aromatic carbocycles. The molecule has 2 aliphatic rings. The van der Waals surface area contributed by atoms with Gasteiger partial charge < -0.3 is 25.6 Å². The molecule has 2 aliphatic carbocycles. The lowest BCUT2D eigenvalue weighted by molar-refractivity contribution is -0.147. The lowest BCUT2D eigenvalue weighted by Gasteiger charge is -2.14. The van der Waals surface area contributed by atoms with Crippen LogP contribution in [0.3, 0.4) is 0 Å². The van der Waals surface area contributed by atoms with Crippen LogP contribution < -0.4 is 10.6 Å². The first-order valence-corrected chi connectivity index (χ1v) is 10.9. The van der Waals surface area contributed by atoms with Crippen LogP contribution in [0.5, 0.6) is 0 Å². The number of hydrogen-bond acceptors (Lipinski definition) is 5. The van der Waals surface area contributed by atoms with Crippen LogP contribution in [0.2, 0.25) is 0 Å². The SMILES string of the molecule is O=C(NCC1C(C(=O)NCC[C@H](O)C(=O)O)C1(F)F)OCC1c2ccccc2-c2ccccc21. The van der Waals surface area contributed by atoms with Gasteiger partial charge in [-0.2, -0.15) is 0 Å². The number of nitrogens with one attached hydrogen (secondary N) is 2. The maximum atomic E-state index is 14.0. The summed E-state index contributed by atoms with van der Waals surface area (Å²) in [7, 11) is 0. The molecule has 0 heterocycles. The molecule has 1 fully saturated rings. The van der Waals surface area contributed by atoms with Gasteiger partial charge >= 0.3 is 12.1 Å². The predicted molar refractivity (Wildman–Crippen MR) is 116 cm³/mol. The van der Waals surface area contributed by atoms with Crippen LogP contribution in [0.4, 0.5) is 13.6 Å². The minimum Gasteiger partial charge on any atom is -0.479 e. The monoisotopic (exact) mass is 474 g/mol. The quantitative estimate of drug-likeness (QED) is 0.442. The van der Waals surface area contributed by atoms with Gasteiger partial charge in [0.15, 0.2) is 6.10 Å². The second-order valence-electron chi connectivity index (χ2n) is 8.40. The lowest BCUT2D eigenvalue weighted by Crippen LogP contribution is -2.33. The van der Waals surface area contributed by atoms with Gasteiger partial charge in [0.05, 0.1) is 5.92 Å². The zero-order valence-corrected chi connectivity index (χ0v) is 18.0. The molecule has 0 spiro atoms. The van der Waals surface area contributed by atoms with E-state index in [0.717, 1.165) is 22.3 Å². The number of carboxylic acid groups (broad SMARTS) is 1. The van der Waals surface area contributed by atoms with Crippen LogP contribution in [0.1, 0.15) is 23.5 Å². The Morgan fingerprint density at radius 1 is 1.00 bits per heavy atom. The number of carboxylic acids is 1. The van der Waals surface area contributed by atoms with Crippen LogP contribution >= 0.6 is 0 Å². The van der Waals surface area contributed by atoms with Crippen LogP contribution in [0.25, 0.3) is 11.1 Å². The van der Waals surface area contributed by atoms with E-state index in [2.05, 4.69) is 10.6 Å². The summed E-state index contributed by atoms with van der Waals surface area (Å²) in [6.07, 6.45) is -2.85. The molecule has 2 unspecified atom stereocenters. The Bertz CT molecular complexity index is 1060. The van der Waals surface area contributed by atoms with Gasteiger partial charge in [0.2, 0.25) is 5.91 Å². The minimum absolute atomic E-state index is 0.0384. The third-order valence-corrected chi connectivity index (χ3v) is 6.30. The highest BCUT2D eigenvalue weighted by Crippen LogP contribution is 2.55. The molecule has 0 aromatic heterocycles. The highest BCUT2D eigenvalue weighted by Gasteiger charge is 2.71. The minimum atomic E-state index is -3.30. The number of aliphatic hydroxyl groups is 1. The molecule has 4 rings (SSSR count). The molecule has 2 aromatic rings. The van der Waals surface area contributed by atoms with Crippen molar-refractivity contribution in [1.29, 1.82) is 0 Å². The van der Waals surface area contributed by atoms with Crippen molar-refractivity contribution < 1.29 is 38.1 Å². The number of rotatable bonds is 9. The summed E-state index contributed by atoms with van der Waals surface area (Å²) in [4.78, 5) is 34.7. The van der Waals surface area contributed by atoms with E-state index in [-0.39, 0.29) is 25.5 Å². The number of aliphatic hydroxyl groups excluding tert-OH is 1. The van der Waals surface area contributed by atoms with Gasteiger partial charge in [-0.3, -0.25) is 4.79 Å². The van der Waals surface area contributed by atoms with E-state index in [4.69, 9.17) is 9.84 Å². The van der Waals surface area contributed by atoms with Gasteiger partial charge in [0, 0.05) is 25.4 Å². The van der Waals surface area contributed by atoms with Gasteiger partial charge in [-0.1, -0.05) is 48.5 Å². The lowest BCUT2D eigenvalue weighted by atomic mass is 9.98. The molecule has 8 nitrogen and oxygen atoms in total. The number of halogens is 2. The molecule has 0 bridgehead atoms. The fourth-order valence-electron chi connectivity index (χ4n) is 4.41. The molecule has 180 valence electrons. The molecule has 10 heteroatoms. The largest absolute Gasteiger partial charge is 0.479 e. The summed E-state index contributed by atoms with van der Waals surface area (Å²) < 4.78 is 33.4. The number of hydrogen-bond donors (Lipinski definition) is 4. The van der Waals surface area contributed by atoms with Crippen LogP contribution in [-0.4, -0.2) is 59.9 Å². The molecular formula is C24H24F2N2O6. The molecular weight excluding hydrogens is 450 g/mol. The van der Waals surface area contributed by atoms with Crippen molar-refractivity contribution in [3.8, 4) is 11.1 Å². The van der Waals surface area contributed by atoms with Gasteiger partial charge in [-0.15, -0.1) is 0 Å². The molecule has 2 amide bonds. The Hall–Kier alpha value is -3.53. The summed E-state index contributed by atoms with van der Waals surface area (Å²) in [5.74, 6) is -8.91. The number of benzene rings is 2.